The highest BCUT2D eigenvalue weighted by atomic mass is 19.4. The second-order valence-electron chi connectivity index (χ2n) is 7.45. The Labute approximate surface area is 192 Å². The number of alkyl halides is 20. The lowest BCUT2D eigenvalue weighted by atomic mass is 10.2. The molecule has 0 aromatic heterocycles. The predicted octanol–water partition coefficient (Wildman–Crippen LogP) is 10.3. The molecule has 0 rings (SSSR count). The van der Waals surface area contributed by atoms with E-state index in [-0.39, 0.29) is 20.8 Å². The van der Waals surface area contributed by atoms with Crippen molar-refractivity contribution in [3.8, 4) is 0 Å². The average molecular weight is 594 g/mol. The van der Waals surface area contributed by atoms with Crippen LogP contribution in [-0.4, -0.2) is 54.3 Å². The van der Waals surface area contributed by atoms with E-state index in [9.17, 15) is 87.8 Å². The van der Waals surface area contributed by atoms with Crippen molar-refractivity contribution in [3.05, 3.63) is 0 Å². The minimum absolute atomic E-state index is 0.178. The number of halogens is 20. The van der Waals surface area contributed by atoms with E-state index in [1.165, 1.54) is 20.8 Å². The van der Waals surface area contributed by atoms with Gasteiger partial charge in [-0.05, 0) is 20.8 Å². The molecule has 0 heterocycles. The molecule has 0 saturated heterocycles. The Bertz CT molecular complexity index is 490. The van der Waals surface area contributed by atoms with Gasteiger partial charge in [-0.25, -0.2) is 22.0 Å². The largest absolute Gasteiger partial charge is 0.459 e. The van der Waals surface area contributed by atoms with E-state index >= 15 is 0 Å². The minimum atomic E-state index is -6.20. The maximum atomic E-state index is 11.7. The molecular weight excluding hydrogens is 572 g/mol. The van der Waals surface area contributed by atoms with E-state index in [0.717, 1.165) is 0 Å². The maximum absolute atomic E-state index is 11.7. The summed E-state index contributed by atoms with van der Waals surface area (Å²) >= 11 is 0. The van der Waals surface area contributed by atoms with Crippen LogP contribution in [0.4, 0.5) is 87.8 Å². The Morgan fingerprint density at radius 2 is 0.528 bits per heavy atom. The first-order valence-corrected chi connectivity index (χ1v) is 8.38. The molecule has 0 aliphatic rings. The van der Waals surface area contributed by atoms with Crippen molar-refractivity contribution in [1.29, 1.82) is 0 Å². The van der Waals surface area contributed by atoms with E-state index in [1.807, 2.05) is 0 Å². The molecular formula is C16H22F20. The molecule has 0 saturated carbocycles. The van der Waals surface area contributed by atoms with Crippen LogP contribution in [0.5, 0.6) is 0 Å². The lowest BCUT2D eigenvalue weighted by Crippen LogP contribution is -2.50. The van der Waals surface area contributed by atoms with Crippen molar-refractivity contribution < 1.29 is 87.8 Å². The Kier molecular flexibility index (Phi) is 18.0. The van der Waals surface area contributed by atoms with Gasteiger partial charge in [-0.15, -0.1) is 0 Å². The summed E-state index contributed by atoms with van der Waals surface area (Å²) < 4.78 is 221. The van der Waals surface area contributed by atoms with Gasteiger partial charge in [0.1, 0.15) is 5.67 Å². The highest BCUT2D eigenvalue weighted by molar-refractivity contribution is 4.87. The summed E-state index contributed by atoms with van der Waals surface area (Å²) in [7, 11) is 0. The molecule has 0 fully saturated rings. The molecule has 0 atom stereocenters. The van der Waals surface area contributed by atoms with Crippen molar-refractivity contribution in [2.24, 2.45) is 0 Å². The molecule has 0 nitrogen and oxygen atoms in total. The van der Waals surface area contributed by atoms with Crippen molar-refractivity contribution in [1.82, 2.24) is 0 Å². The van der Waals surface area contributed by atoms with Crippen molar-refractivity contribution in [2.75, 3.05) is 0 Å². The van der Waals surface area contributed by atoms with Crippen LogP contribution in [0.2, 0.25) is 0 Å². The van der Waals surface area contributed by atoms with Gasteiger partial charge in [0, 0.05) is 27.7 Å². The highest BCUT2D eigenvalue weighted by Crippen LogP contribution is 2.45. The Hall–Kier alpha value is -1.40. The third-order valence-corrected chi connectivity index (χ3v) is 1.79. The third-order valence-electron chi connectivity index (χ3n) is 1.79. The normalized spacial score (nSPS) is 13.7. The van der Waals surface area contributed by atoms with Gasteiger partial charge in [-0.3, -0.25) is 0 Å². The van der Waals surface area contributed by atoms with Crippen LogP contribution < -0.4 is 0 Å². The lowest BCUT2D eigenvalue weighted by molar-refractivity contribution is -0.349. The predicted molar refractivity (Wildman–Crippen MR) is 87.5 cm³/mol. The SMILES string of the molecule is CC(C)(C)F.CC(F)(F)C(F)(F)C(F)(F)F.CC(F)(F)C(F)(F)F.CC(F)(F)C(F)F.CC(F)(F)F. The van der Waals surface area contributed by atoms with Gasteiger partial charge < -0.3 is 0 Å². The lowest BCUT2D eigenvalue weighted by Gasteiger charge is -2.24. The average Bonchev–Trinajstić information content (AvgIpc) is 2.38. The van der Waals surface area contributed by atoms with Crippen LogP contribution in [-0.2, 0) is 0 Å². The molecule has 20 heteroatoms. The summed E-state index contributed by atoms with van der Waals surface area (Å²) in [5, 5.41) is 0. The standard InChI is InChI=1S/C4H3F7.C4H9F.C3H3F5.C3H4F4.C2H3F3/c1-2(5,6)3(7,8)4(9,10)11;1-4(2,3)5;1-2(4,5)3(6,7)8;1-3(6,7)2(4)5;1-2(3,4)5/h1H3;1-3H3;1H3;2H,1H3;1H3. The molecule has 0 radical (unpaired) electrons. The van der Waals surface area contributed by atoms with Crippen LogP contribution in [0.3, 0.4) is 0 Å². The fourth-order valence-electron chi connectivity index (χ4n) is 0.249. The van der Waals surface area contributed by atoms with Gasteiger partial charge in [-0.2, -0.15) is 65.9 Å². The van der Waals surface area contributed by atoms with Crippen LogP contribution >= 0.6 is 0 Å². The number of hydrogen-bond donors (Lipinski definition) is 0. The third kappa shape index (κ3) is 32.6. The smallest absolute Gasteiger partial charge is 0.245 e. The van der Waals surface area contributed by atoms with E-state index < -0.39 is 61.2 Å². The van der Waals surface area contributed by atoms with Crippen molar-refractivity contribution in [2.45, 2.75) is 103 Å². The molecule has 0 bridgehead atoms. The zero-order chi connectivity index (χ0) is 31.6. The fraction of sp³-hybridized carbons (Fsp3) is 1.00. The van der Waals surface area contributed by atoms with E-state index in [1.54, 1.807) is 0 Å². The summed E-state index contributed by atoms with van der Waals surface area (Å²) in [6, 6.07) is 0. The van der Waals surface area contributed by atoms with E-state index in [4.69, 9.17) is 0 Å². The van der Waals surface area contributed by atoms with Crippen LogP contribution in [0.1, 0.15) is 48.5 Å². The van der Waals surface area contributed by atoms with Gasteiger partial charge in [0.2, 0.25) is 0 Å². The molecule has 0 aliphatic heterocycles. The Morgan fingerprint density at radius 1 is 0.389 bits per heavy atom. The van der Waals surface area contributed by atoms with Gasteiger partial charge in [-0.1, -0.05) is 0 Å². The molecule has 0 aliphatic carbocycles. The molecule has 0 N–H and O–H groups in total. The highest BCUT2D eigenvalue weighted by Gasteiger charge is 2.70. The van der Waals surface area contributed by atoms with Crippen LogP contribution in [0.15, 0.2) is 0 Å². The van der Waals surface area contributed by atoms with Gasteiger partial charge >= 0.3 is 48.6 Å². The van der Waals surface area contributed by atoms with Gasteiger partial charge in [0.05, 0.1) is 0 Å². The summed E-state index contributed by atoms with van der Waals surface area (Å²) in [6.45, 7) is 4.26. The minimum Gasteiger partial charge on any atom is -0.245 e. The molecule has 36 heavy (non-hydrogen) atoms. The van der Waals surface area contributed by atoms with Crippen molar-refractivity contribution in [3.63, 3.8) is 0 Å². The second-order valence-corrected chi connectivity index (χ2v) is 7.45. The van der Waals surface area contributed by atoms with Gasteiger partial charge in [0.25, 0.3) is 0 Å². The maximum Gasteiger partial charge on any atom is 0.459 e. The zero-order valence-corrected chi connectivity index (χ0v) is 19.1. The van der Waals surface area contributed by atoms with Crippen molar-refractivity contribution >= 4 is 0 Å². The molecule has 0 spiro atoms. The zero-order valence-electron chi connectivity index (χ0n) is 19.1. The first-order valence-electron chi connectivity index (χ1n) is 8.38. The molecule has 0 amide bonds. The molecule has 0 aromatic carbocycles. The number of hydrogen-bond acceptors (Lipinski definition) is 0. The monoisotopic (exact) mass is 594 g/mol. The molecule has 0 unspecified atom stereocenters. The number of rotatable bonds is 2. The van der Waals surface area contributed by atoms with Crippen LogP contribution in [0.25, 0.3) is 0 Å². The topological polar surface area (TPSA) is 0 Å². The Morgan fingerprint density at radius 3 is 0.528 bits per heavy atom. The molecule has 226 valence electrons. The first kappa shape index (κ1) is 44.6. The van der Waals surface area contributed by atoms with Gasteiger partial charge in [0.15, 0.2) is 0 Å². The second kappa shape index (κ2) is 14.5. The quantitative estimate of drug-likeness (QED) is 0.279. The molecule has 0 aromatic rings. The summed E-state index contributed by atoms with van der Waals surface area (Å²) in [6.07, 6.45) is -19.1. The van der Waals surface area contributed by atoms with E-state index in [2.05, 4.69) is 0 Å². The Balaban J connectivity index is -0.000000115. The summed E-state index contributed by atoms with van der Waals surface area (Å²) in [5.41, 5.74) is -1.00. The first-order chi connectivity index (χ1) is 14.7. The summed E-state index contributed by atoms with van der Waals surface area (Å²) in [5.74, 6) is -19.4. The fourth-order valence-corrected chi connectivity index (χ4v) is 0.249. The van der Waals surface area contributed by atoms with E-state index in [0.29, 0.717) is 0 Å². The van der Waals surface area contributed by atoms with Crippen LogP contribution in [0, 0.1) is 0 Å². The summed E-state index contributed by atoms with van der Waals surface area (Å²) in [4.78, 5) is 0.